The molecule has 0 saturated heterocycles. The fraction of sp³-hybridized carbons (Fsp3) is 0.375. The Morgan fingerprint density at radius 2 is 1.94 bits per heavy atom. The smallest absolute Gasteiger partial charge is 0.206 e. The molecule has 0 aromatic rings. The summed E-state index contributed by atoms with van der Waals surface area (Å²) in [6.45, 7) is 5.64. The quantitative estimate of drug-likeness (QED) is 0.202. The Balaban J connectivity index is 3.87. The van der Waals surface area contributed by atoms with E-state index in [2.05, 4.69) is 40.1 Å². The van der Waals surface area contributed by atoms with Crippen molar-refractivity contribution in [3.8, 4) is 0 Å². The van der Waals surface area contributed by atoms with E-state index in [0.29, 0.717) is 12.8 Å². The molecular weight excluding hydrogens is 244 g/mol. The van der Waals surface area contributed by atoms with Crippen molar-refractivity contribution < 1.29 is 0 Å². The first-order valence-electron chi connectivity index (χ1n) is 4.49. The van der Waals surface area contributed by atoms with Crippen LogP contribution >= 0.6 is 24.4 Å². The largest absolute Gasteiger partial charge is 0.375 e. The number of hydrogen-bond donors (Lipinski definition) is 5. The molecule has 0 rings (SSSR count). The molecule has 0 amide bonds. The van der Waals surface area contributed by atoms with Crippen molar-refractivity contribution in [1.29, 1.82) is 0 Å². The summed E-state index contributed by atoms with van der Waals surface area (Å²) in [4.78, 5) is 4.03. The van der Waals surface area contributed by atoms with Crippen molar-refractivity contribution in [2.75, 3.05) is 0 Å². The van der Waals surface area contributed by atoms with E-state index in [0.717, 1.165) is 11.4 Å². The Bertz CT molecular complexity index is 312. The van der Waals surface area contributed by atoms with Crippen LogP contribution in [0, 0.1) is 0 Å². The summed E-state index contributed by atoms with van der Waals surface area (Å²) in [5, 5.41) is 0.428. The third-order valence-corrected chi connectivity index (χ3v) is 1.88. The summed E-state index contributed by atoms with van der Waals surface area (Å²) in [6.07, 6.45) is 1.41. The van der Waals surface area contributed by atoms with Crippen LogP contribution in [0.3, 0.4) is 0 Å². The summed E-state index contributed by atoms with van der Waals surface area (Å²) in [5.41, 5.74) is 14.5. The minimum atomic E-state index is 0.167. The molecule has 0 aliphatic heterocycles. The third kappa shape index (κ3) is 8.09. The predicted octanol–water partition coefficient (Wildman–Crippen LogP) is -0.173. The molecule has 0 aromatic carbocycles. The number of allylic oxidation sites excluding steroid dienone is 1. The van der Waals surface area contributed by atoms with Gasteiger partial charge in [0.25, 0.3) is 0 Å². The first-order valence-corrected chi connectivity index (χ1v) is 5.31. The Labute approximate surface area is 105 Å². The normalized spacial score (nSPS) is 10.5. The molecule has 0 heterocycles. The van der Waals surface area contributed by atoms with Crippen LogP contribution in [0.4, 0.5) is 0 Å². The Morgan fingerprint density at radius 3 is 2.44 bits per heavy atom. The topological polar surface area (TPSA) is 100 Å². The maximum absolute atomic E-state index is 5.23. The Hall–Kier alpha value is -1.25. The molecule has 0 bridgehead atoms. The minimum absolute atomic E-state index is 0.167. The summed E-state index contributed by atoms with van der Waals surface area (Å²) < 4.78 is 0. The highest BCUT2D eigenvalue weighted by Crippen LogP contribution is 1.99. The highest BCUT2D eigenvalue weighted by atomic mass is 32.1. The molecule has 0 aliphatic rings. The number of hydrazine groups is 2. The number of nitrogens with zero attached hydrogens (tertiary/aromatic N) is 1. The molecule has 7 N–H and O–H groups in total. The maximum atomic E-state index is 5.23. The number of nitrogens with two attached hydrogens (primary N) is 2. The van der Waals surface area contributed by atoms with Gasteiger partial charge in [0.15, 0.2) is 5.11 Å². The van der Waals surface area contributed by atoms with Gasteiger partial charge in [-0.2, -0.15) is 0 Å². The van der Waals surface area contributed by atoms with Crippen molar-refractivity contribution in [2.24, 2.45) is 16.6 Å². The van der Waals surface area contributed by atoms with Crippen molar-refractivity contribution in [3.05, 3.63) is 12.3 Å². The molecule has 0 aromatic heterocycles. The van der Waals surface area contributed by atoms with Gasteiger partial charge in [-0.05, 0) is 44.2 Å². The molecule has 0 aliphatic carbocycles. The number of rotatable bonds is 5. The lowest BCUT2D eigenvalue weighted by Crippen LogP contribution is -2.40. The number of thiocarbonyl (C=S) groups is 2. The maximum Gasteiger partial charge on any atom is 0.206 e. The van der Waals surface area contributed by atoms with E-state index in [1.54, 1.807) is 0 Å². The van der Waals surface area contributed by atoms with E-state index < -0.39 is 0 Å². The molecule has 8 heteroatoms. The van der Waals surface area contributed by atoms with Crippen LogP contribution in [-0.4, -0.2) is 15.9 Å². The summed E-state index contributed by atoms with van der Waals surface area (Å²) in [7, 11) is 0. The van der Waals surface area contributed by atoms with Crippen molar-refractivity contribution in [3.63, 3.8) is 0 Å². The number of nitrogens with one attached hydrogen (secondary N) is 3. The summed E-state index contributed by atoms with van der Waals surface area (Å²) >= 11 is 9.41. The molecule has 0 saturated carbocycles. The van der Waals surface area contributed by atoms with Gasteiger partial charge in [0.05, 0.1) is 0 Å². The van der Waals surface area contributed by atoms with E-state index in [9.17, 15) is 0 Å². The second kappa shape index (κ2) is 7.97. The lowest BCUT2D eigenvalue weighted by molar-refractivity contribution is 0.727. The van der Waals surface area contributed by atoms with Crippen LogP contribution in [0.2, 0.25) is 0 Å². The van der Waals surface area contributed by atoms with E-state index in [-0.39, 0.29) is 10.2 Å². The highest BCUT2D eigenvalue weighted by Gasteiger charge is 1.98. The number of aliphatic imine (C=N–C) groups is 1. The van der Waals surface area contributed by atoms with Gasteiger partial charge in [-0.15, -0.1) is 0 Å². The van der Waals surface area contributed by atoms with E-state index in [4.69, 9.17) is 23.8 Å². The zero-order chi connectivity index (χ0) is 12.6. The SMILES string of the molecule is C=C(CC/C(C)=N/C(=S)NN)NNC(N)=S. The van der Waals surface area contributed by atoms with Gasteiger partial charge in [0.1, 0.15) is 0 Å². The van der Waals surface area contributed by atoms with Crippen molar-refractivity contribution >= 4 is 40.4 Å². The average Bonchev–Trinajstić information content (AvgIpc) is 2.23. The molecular formula is C8H16N6S2. The predicted molar refractivity (Wildman–Crippen MR) is 74.5 cm³/mol. The fourth-order valence-corrected chi connectivity index (χ4v) is 1.01. The van der Waals surface area contributed by atoms with E-state index in [1.807, 2.05) is 6.92 Å². The molecule has 0 unspecified atom stereocenters. The van der Waals surface area contributed by atoms with Crippen LogP contribution in [0.25, 0.3) is 0 Å². The highest BCUT2D eigenvalue weighted by molar-refractivity contribution is 7.80. The minimum Gasteiger partial charge on any atom is -0.375 e. The van der Waals surface area contributed by atoms with Gasteiger partial charge in [0.2, 0.25) is 5.11 Å². The molecule has 0 spiro atoms. The fourth-order valence-electron chi connectivity index (χ4n) is 0.806. The molecule has 16 heavy (non-hydrogen) atoms. The zero-order valence-electron chi connectivity index (χ0n) is 9.04. The van der Waals surface area contributed by atoms with Gasteiger partial charge in [-0.25, -0.2) is 10.8 Å². The van der Waals surface area contributed by atoms with Crippen LogP contribution in [-0.2, 0) is 0 Å². The van der Waals surface area contributed by atoms with Gasteiger partial charge in [-0.1, -0.05) is 6.58 Å². The standard InChI is InChI=1S/C8H16N6S2/c1-5(11-8(16)12-10)3-4-6(2)13-14-7(9)15/h13H,2-4,10H2,1H3,(H,12,16)(H3,9,14,15)/b11-5+. The Kier molecular flexibility index (Phi) is 7.34. The van der Waals surface area contributed by atoms with Gasteiger partial charge in [-0.3, -0.25) is 10.9 Å². The third-order valence-electron chi connectivity index (χ3n) is 1.57. The van der Waals surface area contributed by atoms with E-state index >= 15 is 0 Å². The molecule has 6 nitrogen and oxygen atoms in total. The first-order chi connectivity index (χ1) is 7.45. The van der Waals surface area contributed by atoms with Gasteiger partial charge in [0, 0.05) is 11.4 Å². The van der Waals surface area contributed by atoms with Crippen molar-refractivity contribution in [1.82, 2.24) is 16.3 Å². The Morgan fingerprint density at radius 1 is 1.31 bits per heavy atom. The average molecular weight is 260 g/mol. The van der Waals surface area contributed by atoms with Crippen LogP contribution < -0.4 is 27.9 Å². The summed E-state index contributed by atoms with van der Waals surface area (Å²) in [6, 6.07) is 0. The molecule has 90 valence electrons. The zero-order valence-corrected chi connectivity index (χ0v) is 10.7. The van der Waals surface area contributed by atoms with Crippen LogP contribution in [0.1, 0.15) is 19.8 Å². The van der Waals surface area contributed by atoms with Crippen LogP contribution in [0.15, 0.2) is 17.3 Å². The lowest BCUT2D eigenvalue weighted by Gasteiger charge is -2.10. The molecule has 0 atom stereocenters. The number of hydrogen-bond acceptors (Lipinski definition) is 4. The van der Waals surface area contributed by atoms with Gasteiger partial charge < -0.3 is 11.2 Å². The monoisotopic (exact) mass is 260 g/mol. The first kappa shape index (κ1) is 14.8. The lowest BCUT2D eigenvalue weighted by atomic mass is 10.2. The van der Waals surface area contributed by atoms with Gasteiger partial charge >= 0.3 is 0 Å². The summed E-state index contributed by atoms with van der Waals surface area (Å²) in [5.74, 6) is 5.09. The second-order valence-electron chi connectivity index (χ2n) is 3.01. The molecule has 0 radical (unpaired) electrons. The molecule has 0 fully saturated rings. The van der Waals surface area contributed by atoms with E-state index in [1.165, 1.54) is 0 Å². The second-order valence-corrected chi connectivity index (χ2v) is 3.84. The van der Waals surface area contributed by atoms with Crippen molar-refractivity contribution in [2.45, 2.75) is 19.8 Å². The van der Waals surface area contributed by atoms with Crippen LogP contribution in [0.5, 0.6) is 0 Å².